The van der Waals surface area contributed by atoms with Crippen LogP contribution in [0.25, 0.3) is 0 Å². The number of carbonyl (C=O) groups is 1. The zero-order chi connectivity index (χ0) is 20.2. The summed E-state index contributed by atoms with van der Waals surface area (Å²) in [6.07, 6.45) is 0. The molecule has 0 saturated heterocycles. The van der Waals surface area contributed by atoms with Crippen molar-refractivity contribution in [3.63, 3.8) is 0 Å². The van der Waals surface area contributed by atoms with Crippen LogP contribution in [0.3, 0.4) is 0 Å². The zero-order valence-corrected chi connectivity index (χ0v) is 16.6. The second kappa shape index (κ2) is 8.49. The van der Waals surface area contributed by atoms with E-state index in [9.17, 15) is 17.6 Å². The number of methoxy groups -OCH3 is 1. The number of benzene rings is 2. The summed E-state index contributed by atoms with van der Waals surface area (Å²) in [6, 6.07) is 8.17. The molecule has 0 bridgehead atoms. The number of ether oxygens (including phenoxy) is 1. The van der Waals surface area contributed by atoms with Gasteiger partial charge in [0.1, 0.15) is 11.6 Å². The number of nitrogens with one attached hydrogen (secondary N) is 1. The highest BCUT2D eigenvalue weighted by Crippen LogP contribution is 2.26. The van der Waals surface area contributed by atoms with Crippen LogP contribution in [0, 0.1) is 12.7 Å². The van der Waals surface area contributed by atoms with E-state index in [1.54, 1.807) is 26.8 Å². The van der Waals surface area contributed by atoms with Gasteiger partial charge in [0.15, 0.2) is 0 Å². The molecule has 0 aliphatic carbocycles. The molecular formula is C19H23FN2O4S. The molecular weight excluding hydrogens is 371 g/mol. The number of hydrogen-bond acceptors (Lipinski definition) is 4. The van der Waals surface area contributed by atoms with Crippen LogP contribution in [-0.4, -0.2) is 38.8 Å². The number of rotatable bonds is 7. The van der Waals surface area contributed by atoms with Crippen molar-refractivity contribution >= 4 is 21.6 Å². The fraction of sp³-hybridized carbons (Fsp3) is 0.316. The fourth-order valence-electron chi connectivity index (χ4n) is 2.68. The second-order valence-corrected chi connectivity index (χ2v) is 7.80. The minimum Gasteiger partial charge on any atom is -0.494 e. The van der Waals surface area contributed by atoms with Crippen molar-refractivity contribution < 1.29 is 22.3 Å². The Balaban J connectivity index is 2.40. The maximum atomic E-state index is 13.3. The summed E-state index contributed by atoms with van der Waals surface area (Å²) in [5.74, 6) is -0.824. The molecule has 0 aliphatic heterocycles. The Hall–Kier alpha value is -2.45. The van der Waals surface area contributed by atoms with E-state index in [0.717, 1.165) is 6.07 Å². The Kier molecular flexibility index (Phi) is 6.56. The van der Waals surface area contributed by atoms with E-state index in [1.165, 1.54) is 35.7 Å². The predicted octanol–water partition coefficient (Wildman–Crippen LogP) is 3.43. The molecule has 1 N–H and O–H groups in total. The van der Waals surface area contributed by atoms with Crippen LogP contribution >= 0.6 is 0 Å². The minimum atomic E-state index is -3.69. The molecule has 146 valence electrons. The predicted molar refractivity (Wildman–Crippen MR) is 102 cm³/mol. The van der Waals surface area contributed by atoms with E-state index in [-0.39, 0.29) is 16.2 Å². The SMILES string of the molecule is CCN(CC)S(=O)(=O)c1ccc(C)c(C(=O)Nc2ccc(F)cc2OC)c1. The molecule has 0 aliphatic rings. The van der Waals surface area contributed by atoms with E-state index in [1.807, 2.05) is 0 Å². The van der Waals surface area contributed by atoms with Crippen molar-refractivity contribution in [2.75, 3.05) is 25.5 Å². The Morgan fingerprint density at radius 1 is 1.15 bits per heavy atom. The van der Waals surface area contributed by atoms with Gasteiger partial charge in [-0.15, -0.1) is 0 Å². The van der Waals surface area contributed by atoms with Crippen molar-refractivity contribution in [3.05, 3.63) is 53.3 Å². The van der Waals surface area contributed by atoms with Crippen LogP contribution in [0.4, 0.5) is 10.1 Å². The molecule has 0 fully saturated rings. The number of halogens is 1. The summed E-state index contributed by atoms with van der Waals surface area (Å²) in [5.41, 5.74) is 1.13. The summed E-state index contributed by atoms with van der Waals surface area (Å²) in [6.45, 7) is 5.89. The third-order valence-electron chi connectivity index (χ3n) is 4.21. The molecule has 0 unspecified atom stereocenters. The molecule has 2 aromatic carbocycles. The number of carbonyl (C=O) groups excluding carboxylic acids is 1. The van der Waals surface area contributed by atoms with Gasteiger partial charge >= 0.3 is 0 Å². The lowest BCUT2D eigenvalue weighted by molar-refractivity contribution is 0.102. The van der Waals surface area contributed by atoms with E-state index in [2.05, 4.69) is 5.32 Å². The van der Waals surface area contributed by atoms with Gasteiger partial charge in [-0.05, 0) is 36.8 Å². The Labute approximate surface area is 159 Å². The molecule has 0 saturated carbocycles. The average Bonchev–Trinajstić information content (AvgIpc) is 2.64. The van der Waals surface area contributed by atoms with Crippen LogP contribution in [0.1, 0.15) is 29.8 Å². The van der Waals surface area contributed by atoms with Crippen molar-refractivity contribution in [1.29, 1.82) is 0 Å². The summed E-state index contributed by atoms with van der Waals surface area (Å²) >= 11 is 0. The van der Waals surface area contributed by atoms with E-state index in [0.29, 0.717) is 24.3 Å². The smallest absolute Gasteiger partial charge is 0.256 e. The number of amides is 1. The van der Waals surface area contributed by atoms with Gasteiger partial charge < -0.3 is 10.1 Å². The molecule has 0 radical (unpaired) electrons. The minimum absolute atomic E-state index is 0.0491. The molecule has 0 spiro atoms. The third-order valence-corrected chi connectivity index (χ3v) is 6.25. The lowest BCUT2D eigenvalue weighted by Crippen LogP contribution is -2.30. The van der Waals surface area contributed by atoms with E-state index >= 15 is 0 Å². The van der Waals surface area contributed by atoms with Gasteiger partial charge in [-0.25, -0.2) is 12.8 Å². The van der Waals surface area contributed by atoms with Gasteiger partial charge in [-0.2, -0.15) is 4.31 Å². The van der Waals surface area contributed by atoms with Gasteiger partial charge in [-0.1, -0.05) is 19.9 Å². The van der Waals surface area contributed by atoms with Gasteiger partial charge in [-0.3, -0.25) is 4.79 Å². The highest BCUT2D eigenvalue weighted by atomic mass is 32.2. The number of hydrogen-bond donors (Lipinski definition) is 1. The molecule has 0 atom stereocenters. The maximum Gasteiger partial charge on any atom is 0.256 e. The highest BCUT2D eigenvalue weighted by molar-refractivity contribution is 7.89. The Bertz CT molecular complexity index is 941. The molecule has 8 heteroatoms. The Morgan fingerprint density at radius 3 is 2.41 bits per heavy atom. The summed E-state index contributed by atoms with van der Waals surface area (Å²) in [7, 11) is -2.32. The van der Waals surface area contributed by atoms with Gasteiger partial charge in [0.05, 0.1) is 17.7 Å². The molecule has 27 heavy (non-hydrogen) atoms. The van der Waals surface area contributed by atoms with Crippen LogP contribution in [0.2, 0.25) is 0 Å². The van der Waals surface area contributed by atoms with Gasteiger partial charge in [0.25, 0.3) is 5.91 Å². The van der Waals surface area contributed by atoms with Crippen molar-refractivity contribution in [2.24, 2.45) is 0 Å². The topological polar surface area (TPSA) is 75.7 Å². The zero-order valence-electron chi connectivity index (χ0n) is 15.7. The maximum absolute atomic E-state index is 13.3. The number of sulfonamides is 1. The van der Waals surface area contributed by atoms with Gasteiger partial charge in [0, 0.05) is 24.7 Å². The monoisotopic (exact) mass is 394 g/mol. The largest absolute Gasteiger partial charge is 0.494 e. The molecule has 0 aromatic heterocycles. The average molecular weight is 394 g/mol. The van der Waals surface area contributed by atoms with Crippen molar-refractivity contribution in [3.8, 4) is 5.75 Å². The lowest BCUT2D eigenvalue weighted by Gasteiger charge is -2.19. The fourth-order valence-corrected chi connectivity index (χ4v) is 4.16. The van der Waals surface area contributed by atoms with Crippen LogP contribution < -0.4 is 10.1 Å². The second-order valence-electron chi connectivity index (χ2n) is 5.86. The van der Waals surface area contributed by atoms with Crippen LogP contribution in [0.15, 0.2) is 41.3 Å². The summed E-state index contributed by atoms with van der Waals surface area (Å²) in [4.78, 5) is 12.8. The molecule has 1 amide bonds. The molecule has 2 aromatic rings. The molecule has 2 rings (SSSR count). The normalized spacial score (nSPS) is 11.5. The van der Waals surface area contributed by atoms with E-state index in [4.69, 9.17) is 4.74 Å². The van der Waals surface area contributed by atoms with E-state index < -0.39 is 21.7 Å². The number of anilines is 1. The first-order valence-corrected chi connectivity index (χ1v) is 9.94. The quantitative estimate of drug-likeness (QED) is 0.781. The number of nitrogens with zero attached hydrogens (tertiary/aromatic N) is 1. The molecule has 6 nitrogen and oxygen atoms in total. The summed E-state index contributed by atoms with van der Waals surface area (Å²) < 4.78 is 45.1. The summed E-state index contributed by atoms with van der Waals surface area (Å²) in [5, 5.41) is 2.64. The molecule has 0 heterocycles. The standard InChI is InChI=1S/C19H23FN2O4S/c1-5-22(6-2)27(24,25)15-9-7-13(3)16(12-15)19(23)21-17-10-8-14(20)11-18(17)26-4/h7-12H,5-6H2,1-4H3,(H,21,23). The Morgan fingerprint density at radius 2 is 1.81 bits per heavy atom. The number of aryl methyl sites for hydroxylation is 1. The van der Waals surface area contributed by atoms with Crippen LogP contribution in [0.5, 0.6) is 5.75 Å². The highest BCUT2D eigenvalue weighted by Gasteiger charge is 2.23. The van der Waals surface area contributed by atoms with Crippen molar-refractivity contribution in [2.45, 2.75) is 25.7 Å². The van der Waals surface area contributed by atoms with Crippen LogP contribution in [-0.2, 0) is 10.0 Å². The first kappa shape index (κ1) is 20.9. The third kappa shape index (κ3) is 4.45. The van der Waals surface area contributed by atoms with Gasteiger partial charge in [0.2, 0.25) is 10.0 Å². The first-order valence-electron chi connectivity index (χ1n) is 8.50. The lowest BCUT2D eigenvalue weighted by atomic mass is 10.1. The van der Waals surface area contributed by atoms with Crippen molar-refractivity contribution in [1.82, 2.24) is 4.31 Å². The first-order chi connectivity index (χ1) is 12.7.